The molecule has 2 aromatic rings. The molecule has 1 heterocycles. The number of nitrogens with zero attached hydrogens (tertiary/aromatic N) is 1. The van der Waals surface area contributed by atoms with Gasteiger partial charge in [-0.2, -0.15) is 0 Å². The molecule has 2 aromatic carbocycles. The summed E-state index contributed by atoms with van der Waals surface area (Å²) in [4.78, 5) is 16.6. The second-order valence-electron chi connectivity index (χ2n) is 4.06. The molecule has 1 aliphatic rings. The van der Waals surface area contributed by atoms with Gasteiger partial charge in [0.15, 0.2) is 5.75 Å². The topological polar surface area (TPSA) is 102 Å². The molecule has 0 spiro atoms. The van der Waals surface area contributed by atoms with Gasteiger partial charge in [-0.05, 0) is 17.2 Å². The van der Waals surface area contributed by atoms with Crippen LogP contribution in [0, 0.1) is 0 Å². The van der Waals surface area contributed by atoms with Crippen molar-refractivity contribution in [1.82, 2.24) is 5.06 Å². The van der Waals surface area contributed by atoms with E-state index in [9.17, 15) is 4.79 Å². The van der Waals surface area contributed by atoms with Crippen LogP contribution >= 0.6 is 0 Å². The number of benzene rings is 2. The average molecular weight is 273 g/mol. The SMILES string of the molecule is NN.O=C(O)N1Cc2ccccc2-c2ccccc2O1. The maximum Gasteiger partial charge on any atom is 0.441 e. The zero-order valence-electron chi connectivity index (χ0n) is 10.7. The lowest BCUT2D eigenvalue weighted by Gasteiger charge is -2.17. The normalized spacial score (nSPS) is 12.0. The van der Waals surface area contributed by atoms with Crippen molar-refractivity contribution in [3.63, 3.8) is 0 Å². The lowest BCUT2D eigenvalue weighted by molar-refractivity contribution is -0.0409. The van der Waals surface area contributed by atoms with Gasteiger partial charge in [0.1, 0.15) is 0 Å². The molecule has 20 heavy (non-hydrogen) atoms. The smallest absolute Gasteiger partial charge is 0.441 e. The van der Waals surface area contributed by atoms with Crippen LogP contribution in [0.3, 0.4) is 0 Å². The summed E-state index contributed by atoms with van der Waals surface area (Å²) in [6, 6.07) is 15.2. The zero-order valence-corrected chi connectivity index (χ0v) is 10.7. The number of hydrogen-bond acceptors (Lipinski definition) is 4. The van der Waals surface area contributed by atoms with Crippen molar-refractivity contribution in [1.29, 1.82) is 0 Å². The third-order valence-electron chi connectivity index (χ3n) is 2.93. The number of hydrazine groups is 1. The van der Waals surface area contributed by atoms with E-state index in [2.05, 4.69) is 11.7 Å². The largest absolute Gasteiger partial charge is 0.463 e. The molecule has 0 radical (unpaired) electrons. The first kappa shape index (κ1) is 13.9. The first-order valence-electron chi connectivity index (χ1n) is 5.95. The fourth-order valence-corrected chi connectivity index (χ4v) is 2.10. The van der Waals surface area contributed by atoms with Crippen molar-refractivity contribution >= 4 is 6.09 Å². The first-order chi connectivity index (χ1) is 9.75. The minimum absolute atomic E-state index is 0.222. The van der Waals surface area contributed by atoms with Gasteiger partial charge in [-0.1, -0.05) is 42.5 Å². The Hall–Kier alpha value is -2.57. The molecular formula is C14H15N3O3. The fourth-order valence-electron chi connectivity index (χ4n) is 2.10. The van der Waals surface area contributed by atoms with E-state index in [1.54, 1.807) is 6.07 Å². The minimum atomic E-state index is -1.10. The highest BCUT2D eigenvalue weighted by Crippen LogP contribution is 2.35. The second kappa shape index (κ2) is 6.05. The van der Waals surface area contributed by atoms with Gasteiger partial charge in [-0.3, -0.25) is 11.7 Å². The molecule has 0 aliphatic carbocycles. The highest BCUT2D eigenvalue weighted by Gasteiger charge is 2.23. The molecule has 6 heteroatoms. The van der Waals surface area contributed by atoms with Crippen LogP contribution in [0.4, 0.5) is 4.79 Å². The second-order valence-corrected chi connectivity index (χ2v) is 4.06. The summed E-state index contributed by atoms with van der Waals surface area (Å²) < 4.78 is 0. The number of carbonyl (C=O) groups is 1. The summed E-state index contributed by atoms with van der Waals surface area (Å²) >= 11 is 0. The Kier molecular flexibility index (Phi) is 4.19. The molecular weight excluding hydrogens is 258 g/mol. The van der Waals surface area contributed by atoms with E-state index in [4.69, 9.17) is 9.94 Å². The molecule has 3 rings (SSSR count). The van der Waals surface area contributed by atoms with Crippen molar-refractivity contribution in [2.75, 3.05) is 0 Å². The van der Waals surface area contributed by atoms with E-state index in [1.807, 2.05) is 42.5 Å². The van der Waals surface area contributed by atoms with Crippen molar-refractivity contribution in [3.05, 3.63) is 54.1 Å². The van der Waals surface area contributed by atoms with Gasteiger partial charge in [-0.15, -0.1) is 5.06 Å². The molecule has 1 aliphatic heterocycles. The summed E-state index contributed by atoms with van der Waals surface area (Å²) in [7, 11) is 0. The molecule has 0 unspecified atom stereocenters. The summed E-state index contributed by atoms with van der Waals surface area (Å²) in [6.07, 6.45) is -1.10. The van der Waals surface area contributed by atoms with Crippen LogP contribution in [0.5, 0.6) is 5.75 Å². The lowest BCUT2D eigenvalue weighted by Crippen LogP contribution is -2.31. The van der Waals surface area contributed by atoms with Crippen molar-refractivity contribution in [2.24, 2.45) is 11.7 Å². The highest BCUT2D eigenvalue weighted by molar-refractivity contribution is 5.75. The average Bonchev–Trinajstić information content (AvgIpc) is 2.66. The number of nitrogens with two attached hydrogens (primary N) is 2. The van der Waals surface area contributed by atoms with Crippen molar-refractivity contribution in [2.45, 2.75) is 6.54 Å². The molecule has 104 valence electrons. The van der Waals surface area contributed by atoms with Gasteiger partial charge in [-0.25, -0.2) is 4.79 Å². The number of amides is 1. The van der Waals surface area contributed by atoms with Crippen LogP contribution in [-0.4, -0.2) is 16.3 Å². The van der Waals surface area contributed by atoms with E-state index in [-0.39, 0.29) is 6.54 Å². The predicted molar refractivity (Wildman–Crippen MR) is 74.4 cm³/mol. The minimum Gasteiger partial charge on any atom is -0.463 e. The van der Waals surface area contributed by atoms with Crippen LogP contribution < -0.4 is 16.5 Å². The van der Waals surface area contributed by atoms with Crippen LogP contribution in [-0.2, 0) is 6.54 Å². The third kappa shape index (κ3) is 2.56. The third-order valence-corrected chi connectivity index (χ3v) is 2.93. The van der Waals surface area contributed by atoms with Crippen LogP contribution in [0.1, 0.15) is 5.56 Å². The van der Waals surface area contributed by atoms with Crippen LogP contribution in [0.25, 0.3) is 11.1 Å². The van der Waals surface area contributed by atoms with E-state index in [1.165, 1.54) is 0 Å². The summed E-state index contributed by atoms with van der Waals surface area (Å²) in [5, 5.41) is 10.1. The van der Waals surface area contributed by atoms with Gasteiger partial charge < -0.3 is 9.94 Å². The van der Waals surface area contributed by atoms with Crippen LogP contribution in [0.2, 0.25) is 0 Å². The highest BCUT2D eigenvalue weighted by atomic mass is 16.7. The number of carboxylic acid groups (broad SMARTS) is 1. The molecule has 0 bridgehead atoms. The Bertz CT molecular complexity index is 569. The maximum atomic E-state index is 11.1. The summed E-state index contributed by atoms with van der Waals surface area (Å²) in [5.41, 5.74) is 2.86. The summed E-state index contributed by atoms with van der Waals surface area (Å²) in [6.45, 7) is 0.222. The molecule has 1 amide bonds. The number of fused-ring (bicyclic) bond motifs is 3. The lowest BCUT2D eigenvalue weighted by atomic mass is 9.99. The van der Waals surface area contributed by atoms with Crippen LogP contribution in [0.15, 0.2) is 48.5 Å². The Labute approximate surface area is 116 Å². The van der Waals surface area contributed by atoms with E-state index >= 15 is 0 Å². The Morgan fingerprint density at radius 3 is 2.35 bits per heavy atom. The maximum absolute atomic E-state index is 11.1. The quantitative estimate of drug-likeness (QED) is 0.503. The van der Waals surface area contributed by atoms with Gasteiger partial charge in [0.25, 0.3) is 0 Å². The van der Waals surface area contributed by atoms with Gasteiger partial charge in [0.2, 0.25) is 0 Å². The predicted octanol–water partition coefficient (Wildman–Crippen LogP) is 1.96. The standard InChI is InChI=1S/C14H11NO3.H4N2/c16-14(17)15-9-10-5-1-2-6-11(10)12-7-3-4-8-13(12)18-15;1-2/h1-8H,9H2,(H,16,17);1-2H2. The van der Waals surface area contributed by atoms with Crippen molar-refractivity contribution < 1.29 is 14.7 Å². The van der Waals surface area contributed by atoms with Gasteiger partial charge in [0.05, 0.1) is 6.54 Å². The molecule has 0 saturated carbocycles. The van der Waals surface area contributed by atoms with Gasteiger partial charge >= 0.3 is 6.09 Å². The Morgan fingerprint density at radius 2 is 1.65 bits per heavy atom. The van der Waals surface area contributed by atoms with Gasteiger partial charge in [0, 0.05) is 5.56 Å². The monoisotopic (exact) mass is 273 g/mol. The number of hydrogen-bond donors (Lipinski definition) is 3. The number of para-hydroxylation sites is 1. The Balaban J connectivity index is 0.000000704. The molecule has 0 saturated heterocycles. The number of rotatable bonds is 0. The summed E-state index contributed by atoms with van der Waals surface area (Å²) in [5.74, 6) is 8.56. The molecule has 6 nitrogen and oxygen atoms in total. The molecule has 0 aromatic heterocycles. The molecule has 0 atom stereocenters. The fraction of sp³-hybridized carbons (Fsp3) is 0.0714. The molecule has 0 fully saturated rings. The van der Waals surface area contributed by atoms with E-state index < -0.39 is 6.09 Å². The Morgan fingerprint density at radius 1 is 1.05 bits per heavy atom. The van der Waals surface area contributed by atoms with Crippen molar-refractivity contribution in [3.8, 4) is 16.9 Å². The molecule has 5 N–H and O–H groups in total. The van der Waals surface area contributed by atoms with E-state index in [0.29, 0.717) is 5.75 Å². The first-order valence-corrected chi connectivity index (χ1v) is 5.95. The van der Waals surface area contributed by atoms with E-state index in [0.717, 1.165) is 21.8 Å². The number of hydroxylamine groups is 2. The zero-order chi connectivity index (χ0) is 14.5.